The van der Waals surface area contributed by atoms with Gasteiger partial charge in [-0.1, -0.05) is 12.1 Å². The lowest BCUT2D eigenvalue weighted by Crippen LogP contribution is -2.24. The molecule has 0 aliphatic carbocycles. The molecule has 0 aliphatic heterocycles. The number of halogens is 3. The molecule has 0 saturated heterocycles. The molecule has 4 nitrogen and oxygen atoms in total. The van der Waals surface area contributed by atoms with Gasteiger partial charge in [-0.3, -0.25) is 0 Å². The first-order valence-electron chi connectivity index (χ1n) is 6.66. The van der Waals surface area contributed by atoms with E-state index in [9.17, 15) is 18.3 Å². The minimum atomic E-state index is -4.70. The summed E-state index contributed by atoms with van der Waals surface area (Å²) in [5.74, 6) is 0.188. The number of ether oxygens (including phenoxy) is 1. The van der Waals surface area contributed by atoms with E-state index in [2.05, 4.69) is 10.1 Å². The number of hydrogen-bond acceptors (Lipinski definition) is 4. The van der Waals surface area contributed by atoms with E-state index in [0.29, 0.717) is 5.76 Å². The van der Waals surface area contributed by atoms with Gasteiger partial charge < -0.3 is 19.6 Å². The maximum Gasteiger partial charge on any atom is 0.573 e. The van der Waals surface area contributed by atoms with Gasteiger partial charge in [-0.15, -0.1) is 13.2 Å². The predicted molar refractivity (Wildman–Crippen MR) is 73.2 cm³/mol. The molecule has 2 N–H and O–H groups in total. The topological polar surface area (TPSA) is 54.6 Å². The zero-order valence-corrected chi connectivity index (χ0v) is 11.8. The van der Waals surface area contributed by atoms with Gasteiger partial charge in [-0.25, -0.2) is 0 Å². The highest BCUT2D eigenvalue weighted by Gasteiger charge is 2.31. The highest BCUT2D eigenvalue weighted by molar-refractivity contribution is 5.29. The normalized spacial score (nSPS) is 14.6. The number of nitrogens with one attached hydrogen (secondary N) is 1. The average molecular weight is 315 g/mol. The average Bonchev–Trinajstić information content (AvgIpc) is 2.97. The van der Waals surface area contributed by atoms with Crippen molar-refractivity contribution >= 4 is 0 Å². The minimum Gasteiger partial charge on any atom is -0.467 e. The number of furan rings is 1. The van der Waals surface area contributed by atoms with Crippen molar-refractivity contribution in [2.75, 3.05) is 6.54 Å². The smallest absolute Gasteiger partial charge is 0.467 e. The van der Waals surface area contributed by atoms with Crippen LogP contribution in [0.15, 0.2) is 47.1 Å². The second-order valence-corrected chi connectivity index (χ2v) is 4.78. The Morgan fingerprint density at radius 1 is 1.23 bits per heavy atom. The Balaban J connectivity index is 1.88. The van der Waals surface area contributed by atoms with Crippen LogP contribution in [0.3, 0.4) is 0 Å². The van der Waals surface area contributed by atoms with Gasteiger partial charge in [-0.2, -0.15) is 0 Å². The van der Waals surface area contributed by atoms with Gasteiger partial charge in [0.1, 0.15) is 17.6 Å². The molecule has 2 rings (SSSR count). The van der Waals surface area contributed by atoms with Crippen LogP contribution in [0.2, 0.25) is 0 Å². The van der Waals surface area contributed by atoms with E-state index in [1.54, 1.807) is 12.1 Å². The Hall–Kier alpha value is -1.99. The lowest BCUT2D eigenvalue weighted by Gasteiger charge is -2.17. The van der Waals surface area contributed by atoms with Crippen LogP contribution >= 0.6 is 0 Å². The fourth-order valence-electron chi connectivity index (χ4n) is 1.95. The van der Waals surface area contributed by atoms with E-state index in [4.69, 9.17) is 4.42 Å². The Morgan fingerprint density at radius 3 is 2.45 bits per heavy atom. The van der Waals surface area contributed by atoms with Gasteiger partial charge in [-0.05, 0) is 36.8 Å². The van der Waals surface area contributed by atoms with E-state index < -0.39 is 12.5 Å². The summed E-state index contributed by atoms with van der Waals surface area (Å²) in [7, 11) is 0. The number of benzene rings is 1. The molecule has 0 amide bonds. The van der Waals surface area contributed by atoms with Crippen molar-refractivity contribution in [1.82, 2.24) is 5.32 Å². The fraction of sp³-hybridized carbons (Fsp3) is 0.333. The van der Waals surface area contributed by atoms with Gasteiger partial charge in [0.25, 0.3) is 0 Å². The molecule has 2 unspecified atom stereocenters. The fourth-order valence-corrected chi connectivity index (χ4v) is 1.95. The molecular weight excluding hydrogens is 299 g/mol. The first-order chi connectivity index (χ1) is 10.3. The number of aliphatic hydroxyl groups is 1. The molecule has 1 heterocycles. The third kappa shape index (κ3) is 4.78. The maximum absolute atomic E-state index is 12.1. The molecule has 0 fully saturated rings. The van der Waals surface area contributed by atoms with Crippen LogP contribution in [-0.2, 0) is 0 Å². The maximum atomic E-state index is 12.1. The second kappa shape index (κ2) is 6.85. The monoisotopic (exact) mass is 315 g/mol. The molecule has 2 aromatic rings. The van der Waals surface area contributed by atoms with Gasteiger partial charge in [0.15, 0.2) is 0 Å². The Labute approximate surface area is 125 Å². The van der Waals surface area contributed by atoms with E-state index in [1.807, 2.05) is 6.92 Å². The summed E-state index contributed by atoms with van der Waals surface area (Å²) in [6.45, 7) is 2.10. The molecule has 0 spiro atoms. The zero-order valence-electron chi connectivity index (χ0n) is 11.8. The van der Waals surface area contributed by atoms with Crippen LogP contribution in [0.25, 0.3) is 0 Å². The molecule has 120 valence electrons. The van der Waals surface area contributed by atoms with Gasteiger partial charge in [0.2, 0.25) is 0 Å². The van der Waals surface area contributed by atoms with Gasteiger partial charge >= 0.3 is 6.36 Å². The van der Waals surface area contributed by atoms with Crippen LogP contribution in [0.4, 0.5) is 13.2 Å². The Bertz CT molecular complexity index is 567. The molecule has 2 atom stereocenters. The first kappa shape index (κ1) is 16.4. The van der Waals surface area contributed by atoms with E-state index in [1.165, 1.54) is 30.5 Å². The van der Waals surface area contributed by atoms with Crippen molar-refractivity contribution < 1.29 is 27.4 Å². The third-order valence-electron chi connectivity index (χ3n) is 3.10. The van der Waals surface area contributed by atoms with Crippen molar-refractivity contribution in [2.24, 2.45) is 0 Å². The molecule has 0 bridgehead atoms. The zero-order chi connectivity index (χ0) is 16.2. The van der Waals surface area contributed by atoms with Gasteiger partial charge in [0, 0.05) is 12.6 Å². The standard InChI is InChI=1S/C15H16F3NO3/c1-10(19-9-13(20)14-3-2-8-21-14)11-4-6-12(7-5-11)22-15(16,17)18/h2-8,10,13,19-20H,9H2,1H3. The van der Waals surface area contributed by atoms with Crippen LogP contribution in [-0.4, -0.2) is 18.0 Å². The summed E-state index contributed by atoms with van der Waals surface area (Å²) in [6.07, 6.45) is -4.01. The molecule has 0 aliphatic rings. The largest absolute Gasteiger partial charge is 0.573 e. The molecule has 7 heteroatoms. The van der Waals surface area contributed by atoms with Gasteiger partial charge in [0.05, 0.1) is 6.26 Å². The summed E-state index contributed by atoms with van der Waals surface area (Å²) >= 11 is 0. The summed E-state index contributed by atoms with van der Waals surface area (Å²) in [6, 6.07) is 8.79. The quantitative estimate of drug-likeness (QED) is 0.856. The predicted octanol–water partition coefficient (Wildman–Crippen LogP) is 3.56. The highest BCUT2D eigenvalue weighted by atomic mass is 19.4. The van der Waals surface area contributed by atoms with E-state index in [-0.39, 0.29) is 18.3 Å². The van der Waals surface area contributed by atoms with Crippen molar-refractivity contribution in [3.05, 3.63) is 54.0 Å². The number of aliphatic hydroxyl groups excluding tert-OH is 1. The summed E-state index contributed by atoms with van der Waals surface area (Å²) < 4.78 is 45.1. The molecule has 1 aromatic carbocycles. The number of hydrogen-bond donors (Lipinski definition) is 2. The Kier molecular flexibility index (Phi) is 5.10. The van der Waals surface area contributed by atoms with E-state index >= 15 is 0 Å². The van der Waals surface area contributed by atoms with E-state index in [0.717, 1.165) is 5.56 Å². The molecule has 22 heavy (non-hydrogen) atoms. The molecular formula is C15H16F3NO3. The van der Waals surface area contributed by atoms with Crippen LogP contribution < -0.4 is 10.1 Å². The molecule has 0 radical (unpaired) electrons. The van der Waals surface area contributed by atoms with Crippen molar-refractivity contribution in [2.45, 2.75) is 25.4 Å². The van der Waals surface area contributed by atoms with Crippen molar-refractivity contribution in [3.63, 3.8) is 0 Å². The lowest BCUT2D eigenvalue weighted by molar-refractivity contribution is -0.274. The molecule has 1 aromatic heterocycles. The van der Waals surface area contributed by atoms with Crippen LogP contribution in [0.1, 0.15) is 30.4 Å². The van der Waals surface area contributed by atoms with Crippen molar-refractivity contribution in [3.8, 4) is 5.75 Å². The summed E-state index contributed by atoms with van der Waals surface area (Å²) in [4.78, 5) is 0. The lowest BCUT2D eigenvalue weighted by atomic mass is 10.1. The van der Waals surface area contributed by atoms with Crippen molar-refractivity contribution in [1.29, 1.82) is 0 Å². The summed E-state index contributed by atoms with van der Waals surface area (Å²) in [5.41, 5.74) is 0.779. The number of alkyl halides is 3. The Morgan fingerprint density at radius 2 is 1.91 bits per heavy atom. The number of rotatable bonds is 6. The van der Waals surface area contributed by atoms with Crippen LogP contribution in [0.5, 0.6) is 5.75 Å². The third-order valence-corrected chi connectivity index (χ3v) is 3.10. The first-order valence-corrected chi connectivity index (χ1v) is 6.66. The SMILES string of the molecule is CC(NCC(O)c1ccco1)c1ccc(OC(F)(F)F)cc1. The highest BCUT2D eigenvalue weighted by Crippen LogP contribution is 2.24. The summed E-state index contributed by atoms with van der Waals surface area (Å²) in [5, 5.41) is 13.0. The molecule has 0 saturated carbocycles. The minimum absolute atomic E-state index is 0.149. The van der Waals surface area contributed by atoms with Crippen LogP contribution in [0, 0.1) is 0 Å². The second-order valence-electron chi connectivity index (χ2n) is 4.78.